The lowest BCUT2D eigenvalue weighted by Crippen LogP contribution is -1.81. The fraction of sp³-hybridized carbons (Fsp3) is 0. The van der Waals surface area contributed by atoms with Crippen molar-refractivity contribution < 1.29 is 37.0 Å². The van der Waals surface area contributed by atoms with E-state index in [1.807, 2.05) is 0 Å². The standard InChI is InChI=1S/C3H3N3.HO8P3/c1-4-2-6-3-5-1;1-9(2)7-11(5,6)8-10(3)4/h1-3H;(H-2,1,2,3,4,5,6)/p+2. The van der Waals surface area contributed by atoms with Crippen molar-refractivity contribution in [3.8, 4) is 0 Å². The van der Waals surface area contributed by atoms with Crippen LogP contribution in [0.2, 0.25) is 0 Å². The molecule has 3 N–H and O–H groups in total. The summed E-state index contributed by atoms with van der Waals surface area (Å²) in [6.07, 6.45) is 4.31. The Hall–Kier alpha value is -0.760. The van der Waals surface area contributed by atoms with E-state index >= 15 is 0 Å². The molecule has 2 unspecified atom stereocenters. The van der Waals surface area contributed by atoms with E-state index in [1.165, 1.54) is 19.0 Å². The molecule has 1 aromatic rings. The van der Waals surface area contributed by atoms with Gasteiger partial charge in [-0.05, 0) is 0 Å². The van der Waals surface area contributed by atoms with Gasteiger partial charge in [-0.3, -0.25) is 4.89 Å². The third-order valence-electron chi connectivity index (χ3n) is 0.746. The fourth-order valence-corrected chi connectivity index (χ4v) is 2.20. The summed E-state index contributed by atoms with van der Waals surface area (Å²) >= 11 is 0. The SMILES string of the molecule is O=[P+](O)OP(=O)(O)O[P+](=O)O.c1ncncn1. The molecule has 0 aromatic carbocycles. The third-order valence-corrected chi connectivity index (χ3v) is 3.51. The van der Waals surface area contributed by atoms with Crippen molar-refractivity contribution in [2.75, 3.05) is 0 Å². The summed E-state index contributed by atoms with van der Waals surface area (Å²) in [5.41, 5.74) is 0. The second kappa shape index (κ2) is 8.35. The second-order valence-corrected chi connectivity index (χ2v) is 5.10. The predicted octanol–water partition coefficient (Wildman–Crippen LogP) is 0.291. The van der Waals surface area contributed by atoms with Crippen molar-refractivity contribution in [1.82, 2.24) is 15.0 Å². The van der Waals surface area contributed by atoms with Crippen molar-refractivity contribution >= 4 is 24.3 Å². The summed E-state index contributed by atoms with van der Waals surface area (Å²) in [6.45, 7) is 0. The lowest BCUT2D eigenvalue weighted by Gasteiger charge is -1.88. The zero-order valence-electron chi connectivity index (χ0n) is 7.80. The van der Waals surface area contributed by atoms with Crippen LogP contribution in [-0.4, -0.2) is 29.6 Å². The van der Waals surface area contributed by atoms with E-state index in [0.717, 1.165) is 0 Å². The summed E-state index contributed by atoms with van der Waals surface area (Å²) in [7, 11) is -11.6. The van der Waals surface area contributed by atoms with Gasteiger partial charge in [-0.25, -0.2) is 19.5 Å². The molecule has 0 spiro atoms. The number of hydrogen-bond acceptors (Lipinski definition) is 8. The molecule has 94 valence electrons. The molecular formula is C3H6N3O8P3+2. The first kappa shape index (κ1) is 16.2. The average Bonchev–Trinajstić information content (AvgIpc) is 2.16. The summed E-state index contributed by atoms with van der Waals surface area (Å²) in [6, 6.07) is 0. The highest BCUT2D eigenvalue weighted by atomic mass is 31.3. The summed E-state index contributed by atoms with van der Waals surface area (Å²) in [5, 5.41) is 0. The topological polar surface area (TPSA) is 169 Å². The first-order valence-corrected chi connectivity index (χ1v) is 7.18. The monoisotopic (exact) mass is 305 g/mol. The van der Waals surface area contributed by atoms with Gasteiger partial charge in [0.2, 0.25) is 0 Å². The molecule has 0 aliphatic carbocycles. The molecule has 17 heavy (non-hydrogen) atoms. The highest BCUT2D eigenvalue weighted by Gasteiger charge is 2.43. The van der Waals surface area contributed by atoms with Crippen LogP contribution in [0, 0.1) is 0 Å². The van der Waals surface area contributed by atoms with E-state index in [4.69, 9.17) is 14.7 Å². The number of rotatable bonds is 4. The molecule has 0 fully saturated rings. The lowest BCUT2D eigenvalue weighted by atomic mass is 11.1. The maximum atomic E-state index is 10.3. The van der Waals surface area contributed by atoms with Crippen LogP contribution in [0.4, 0.5) is 0 Å². The second-order valence-electron chi connectivity index (χ2n) is 1.90. The molecule has 0 bridgehead atoms. The molecule has 0 saturated carbocycles. The molecule has 0 aliphatic rings. The molecule has 1 rings (SSSR count). The van der Waals surface area contributed by atoms with Gasteiger partial charge in [0, 0.05) is 17.8 Å². The molecule has 0 amide bonds. The van der Waals surface area contributed by atoms with Gasteiger partial charge < -0.3 is 0 Å². The molecule has 0 radical (unpaired) electrons. The van der Waals surface area contributed by atoms with Gasteiger partial charge >= 0.3 is 24.3 Å². The smallest absolute Gasteiger partial charge is 0.297 e. The van der Waals surface area contributed by atoms with Crippen molar-refractivity contribution in [1.29, 1.82) is 0 Å². The van der Waals surface area contributed by atoms with Crippen LogP contribution in [-0.2, 0) is 22.3 Å². The summed E-state index contributed by atoms with van der Waals surface area (Å²) in [4.78, 5) is 34.8. The van der Waals surface area contributed by atoms with Gasteiger partial charge in [0.25, 0.3) is 0 Å². The highest BCUT2D eigenvalue weighted by Crippen LogP contribution is 2.55. The van der Waals surface area contributed by atoms with Gasteiger partial charge in [0.05, 0.1) is 0 Å². The zero-order chi connectivity index (χ0) is 13.3. The minimum atomic E-state index is -4.87. The van der Waals surface area contributed by atoms with Crippen molar-refractivity contribution in [3.05, 3.63) is 19.0 Å². The molecule has 2 atom stereocenters. The quantitative estimate of drug-likeness (QED) is 0.653. The van der Waals surface area contributed by atoms with Gasteiger partial charge in [-0.1, -0.05) is 0 Å². The lowest BCUT2D eigenvalue weighted by molar-refractivity contribution is 0.271. The zero-order valence-corrected chi connectivity index (χ0v) is 10.5. The van der Waals surface area contributed by atoms with Gasteiger partial charge in [-0.2, -0.15) is 0 Å². The Morgan fingerprint density at radius 1 is 0.941 bits per heavy atom. The van der Waals surface area contributed by atoms with Crippen molar-refractivity contribution in [2.45, 2.75) is 0 Å². The first-order chi connectivity index (χ1) is 7.83. The van der Waals surface area contributed by atoms with Gasteiger partial charge in [0.15, 0.2) is 0 Å². The minimum absolute atomic E-state index is 1.44. The van der Waals surface area contributed by atoms with E-state index < -0.39 is 24.3 Å². The molecular weight excluding hydrogens is 299 g/mol. The Morgan fingerprint density at radius 3 is 1.41 bits per heavy atom. The Balaban J connectivity index is 0.000000354. The molecule has 1 heterocycles. The molecule has 11 nitrogen and oxygen atoms in total. The predicted molar refractivity (Wildman–Crippen MR) is 51.5 cm³/mol. The van der Waals surface area contributed by atoms with Crippen LogP contribution in [0.1, 0.15) is 0 Å². The van der Waals surface area contributed by atoms with Crippen LogP contribution in [0.5, 0.6) is 0 Å². The van der Waals surface area contributed by atoms with Gasteiger partial charge in [0.1, 0.15) is 19.0 Å². The Bertz CT molecular complexity index is 366. The molecule has 0 aliphatic heterocycles. The Labute approximate surface area is 96.0 Å². The largest absolute Gasteiger partial charge is 0.705 e. The van der Waals surface area contributed by atoms with E-state index in [-0.39, 0.29) is 0 Å². The fourth-order valence-electron chi connectivity index (χ4n) is 0.396. The highest BCUT2D eigenvalue weighted by molar-refractivity contribution is 7.60. The van der Waals surface area contributed by atoms with Crippen LogP contribution >= 0.6 is 24.3 Å². The first-order valence-electron chi connectivity index (χ1n) is 3.43. The maximum absolute atomic E-state index is 10.3. The minimum Gasteiger partial charge on any atom is -0.297 e. The normalized spacial score (nSPS) is 15.0. The third kappa shape index (κ3) is 11.5. The van der Waals surface area contributed by atoms with Crippen LogP contribution in [0.15, 0.2) is 19.0 Å². The molecule has 0 saturated heterocycles. The van der Waals surface area contributed by atoms with E-state index in [2.05, 4.69) is 23.6 Å². The summed E-state index contributed by atoms with van der Waals surface area (Å²) < 4.78 is 36.4. The van der Waals surface area contributed by atoms with E-state index in [9.17, 15) is 13.7 Å². The van der Waals surface area contributed by atoms with Crippen molar-refractivity contribution in [2.24, 2.45) is 0 Å². The van der Waals surface area contributed by atoms with E-state index in [1.54, 1.807) is 0 Å². The van der Waals surface area contributed by atoms with Crippen molar-refractivity contribution in [3.63, 3.8) is 0 Å². The van der Waals surface area contributed by atoms with Gasteiger partial charge in [-0.15, -0.1) is 9.79 Å². The number of nitrogens with zero attached hydrogens (tertiary/aromatic N) is 3. The molecule has 1 aromatic heterocycles. The number of aromatic nitrogens is 3. The summed E-state index contributed by atoms with van der Waals surface area (Å²) in [5.74, 6) is 0. The Kier molecular flexibility index (Phi) is 7.98. The molecule has 14 heteroatoms. The van der Waals surface area contributed by atoms with Crippen LogP contribution < -0.4 is 0 Å². The Morgan fingerprint density at radius 2 is 1.24 bits per heavy atom. The maximum Gasteiger partial charge on any atom is 0.705 e. The number of hydrogen-bond donors (Lipinski definition) is 3. The van der Waals surface area contributed by atoms with Crippen LogP contribution in [0.3, 0.4) is 0 Å². The average molecular weight is 305 g/mol. The number of phosphoric acid groups is 1. The van der Waals surface area contributed by atoms with E-state index in [0.29, 0.717) is 0 Å². The van der Waals surface area contributed by atoms with Crippen LogP contribution in [0.25, 0.3) is 0 Å².